The molecule has 0 radical (unpaired) electrons. The van der Waals surface area contributed by atoms with Gasteiger partial charge in [0.05, 0.1) is 23.8 Å². The van der Waals surface area contributed by atoms with Crippen LogP contribution in [0.4, 0.5) is 5.82 Å². The lowest BCUT2D eigenvalue weighted by Gasteiger charge is -2.13. The van der Waals surface area contributed by atoms with Gasteiger partial charge in [0.15, 0.2) is 5.82 Å². The predicted molar refractivity (Wildman–Crippen MR) is 106 cm³/mol. The van der Waals surface area contributed by atoms with Crippen molar-refractivity contribution in [1.82, 2.24) is 19.5 Å². The van der Waals surface area contributed by atoms with E-state index in [9.17, 15) is 4.79 Å². The summed E-state index contributed by atoms with van der Waals surface area (Å²) in [5.41, 5.74) is 3.54. The number of nitrogens with zero attached hydrogens (tertiary/aromatic N) is 4. The molecule has 3 aromatic heterocycles. The van der Waals surface area contributed by atoms with Gasteiger partial charge in [0.25, 0.3) is 5.56 Å². The van der Waals surface area contributed by atoms with Crippen LogP contribution in [-0.4, -0.2) is 26.1 Å². The molecule has 4 aromatic rings. The first-order valence-electron chi connectivity index (χ1n) is 8.82. The highest BCUT2D eigenvalue weighted by molar-refractivity contribution is 5.75. The van der Waals surface area contributed by atoms with E-state index in [1.165, 1.54) is 0 Å². The molecule has 0 saturated heterocycles. The van der Waals surface area contributed by atoms with Gasteiger partial charge in [0.2, 0.25) is 0 Å². The smallest absolute Gasteiger partial charge is 0.294 e. The third-order valence-electron chi connectivity index (χ3n) is 4.39. The third kappa shape index (κ3) is 3.84. The van der Waals surface area contributed by atoms with Crippen LogP contribution in [0.2, 0.25) is 0 Å². The van der Waals surface area contributed by atoms with Crippen molar-refractivity contribution in [3.05, 3.63) is 94.8 Å². The summed E-state index contributed by atoms with van der Waals surface area (Å²) in [5.74, 6) is 0.360. The fourth-order valence-corrected chi connectivity index (χ4v) is 3.00. The van der Waals surface area contributed by atoms with Crippen molar-refractivity contribution < 1.29 is 0 Å². The van der Waals surface area contributed by atoms with Crippen molar-refractivity contribution >= 4 is 16.9 Å². The van der Waals surface area contributed by atoms with Crippen LogP contribution in [0.15, 0.2) is 78.1 Å². The van der Waals surface area contributed by atoms with Gasteiger partial charge in [0.1, 0.15) is 0 Å². The van der Waals surface area contributed by atoms with E-state index in [0.29, 0.717) is 18.9 Å². The van der Waals surface area contributed by atoms with Gasteiger partial charge in [-0.1, -0.05) is 30.3 Å². The number of anilines is 1. The average Bonchev–Trinajstić information content (AvgIpc) is 2.72. The fourth-order valence-electron chi connectivity index (χ4n) is 3.00. The van der Waals surface area contributed by atoms with E-state index in [-0.39, 0.29) is 5.56 Å². The van der Waals surface area contributed by atoms with Gasteiger partial charge in [-0.2, -0.15) is 0 Å². The largest absolute Gasteiger partial charge is 0.365 e. The van der Waals surface area contributed by atoms with Crippen molar-refractivity contribution in [1.29, 1.82) is 0 Å². The summed E-state index contributed by atoms with van der Waals surface area (Å²) >= 11 is 0. The van der Waals surface area contributed by atoms with Gasteiger partial charge in [-0.25, -0.2) is 4.98 Å². The molecular formula is C21H19N5O. The number of hydrogen-bond donors (Lipinski definition) is 1. The van der Waals surface area contributed by atoms with Crippen molar-refractivity contribution in [2.24, 2.45) is 0 Å². The summed E-state index contributed by atoms with van der Waals surface area (Å²) in [5, 5.41) is 3.19. The first kappa shape index (κ1) is 16.9. The molecule has 6 heteroatoms. The molecule has 0 unspecified atom stereocenters. The van der Waals surface area contributed by atoms with E-state index in [1.54, 1.807) is 29.4 Å². The molecule has 0 aliphatic heterocycles. The molecule has 0 spiro atoms. The van der Waals surface area contributed by atoms with Crippen LogP contribution in [0.5, 0.6) is 0 Å². The highest BCUT2D eigenvalue weighted by atomic mass is 16.1. The van der Waals surface area contributed by atoms with Crippen LogP contribution < -0.4 is 10.9 Å². The van der Waals surface area contributed by atoms with Crippen molar-refractivity contribution in [2.45, 2.75) is 13.0 Å². The minimum Gasteiger partial charge on any atom is -0.365 e. The maximum absolute atomic E-state index is 13.0. The number of fused-ring (bicyclic) bond motifs is 1. The molecule has 0 aliphatic rings. The van der Waals surface area contributed by atoms with Gasteiger partial charge in [-0.3, -0.25) is 19.3 Å². The van der Waals surface area contributed by atoms with E-state index >= 15 is 0 Å². The van der Waals surface area contributed by atoms with Crippen LogP contribution in [0, 0.1) is 0 Å². The molecule has 27 heavy (non-hydrogen) atoms. The molecule has 134 valence electrons. The van der Waals surface area contributed by atoms with E-state index in [2.05, 4.69) is 20.3 Å². The Bertz CT molecular complexity index is 1090. The van der Waals surface area contributed by atoms with Gasteiger partial charge >= 0.3 is 0 Å². The summed E-state index contributed by atoms with van der Waals surface area (Å²) in [4.78, 5) is 25.7. The van der Waals surface area contributed by atoms with Gasteiger partial charge < -0.3 is 5.32 Å². The SMILES string of the molecule is O=c1c(NCCc2ccncc2)nc2ccncc2n1Cc1ccccc1. The lowest BCUT2D eigenvalue weighted by molar-refractivity contribution is 0.784. The Morgan fingerprint density at radius 3 is 2.48 bits per heavy atom. The molecule has 0 aliphatic carbocycles. The molecule has 0 fully saturated rings. The monoisotopic (exact) mass is 357 g/mol. The van der Waals surface area contributed by atoms with E-state index < -0.39 is 0 Å². The summed E-state index contributed by atoms with van der Waals surface area (Å²) in [6, 6.07) is 15.7. The van der Waals surface area contributed by atoms with Crippen LogP contribution >= 0.6 is 0 Å². The summed E-state index contributed by atoms with van der Waals surface area (Å²) in [7, 11) is 0. The molecule has 0 saturated carbocycles. The minimum atomic E-state index is -0.144. The summed E-state index contributed by atoms with van der Waals surface area (Å²) < 4.78 is 1.72. The molecule has 0 amide bonds. The Hall–Kier alpha value is -3.54. The zero-order valence-electron chi connectivity index (χ0n) is 14.7. The first-order chi connectivity index (χ1) is 13.3. The maximum Gasteiger partial charge on any atom is 0.294 e. The maximum atomic E-state index is 13.0. The van der Waals surface area contributed by atoms with Gasteiger partial charge in [-0.05, 0) is 35.7 Å². The Balaban J connectivity index is 1.65. The molecule has 4 rings (SSSR count). The topological polar surface area (TPSA) is 72.7 Å². The van der Waals surface area contributed by atoms with Crippen LogP contribution in [0.3, 0.4) is 0 Å². The van der Waals surface area contributed by atoms with Gasteiger partial charge in [0, 0.05) is 25.1 Å². The molecular weight excluding hydrogens is 338 g/mol. The van der Waals surface area contributed by atoms with Crippen molar-refractivity contribution in [2.75, 3.05) is 11.9 Å². The molecule has 0 bridgehead atoms. The van der Waals surface area contributed by atoms with Crippen LogP contribution in [0.25, 0.3) is 11.0 Å². The lowest BCUT2D eigenvalue weighted by atomic mass is 10.2. The minimum absolute atomic E-state index is 0.144. The highest BCUT2D eigenvalue weighted by Crippen LogP contribution is 2.13. The Morgan fingerprint density at radius 2 is 1.67 bits per heavy atom. The van der Waals surface area contributed by atoms with Crippen LogP contribution in [0.1, 0.15) is 11.1 Å². The van der Waals surface area contributed by atoms with Crippen LogP contribution in [-0.2, 0) is 13.0 Å². The number of pyridine rings is 2. The number of rotatable bonds is 6. The summed E-state index contributed by atoms with van der Waals surface area (Å²) in [6.45, 7) is 1.09. The third-order valence-corrected chi connectivity index (χ3v) is 4.39. The van der Waals surface area contributed by atoms with Crippen molar-refractivity contribution in [3.63, 3.8) is 0 Å². The zero-order chi connectivity index (χ0) is 18.5. The highest BCUT2D eigenvalue weighted by Gasteiger charge is 2.11. The quantitative estimate of drug-likeness (QED) is 0.574. The normalized spacial score (nSPS) is 10.8. The molecule has 3 heterocycles. The second kappa shape index (κ2) is 7.78. The predicted octanol–water partition coefficient (Wildman–Crippen LogP) is 2.89. The second-order valence-electron chi connectivity index (χ2n) is 6.23. The van der Waals surface area contributed by atoms with Gasteiger partial charge in [-0.15, -0.1) is 0 Å². The Morgan fingerprint density at radius 1 is 0.889 bits per heavy atom. The van der Waals surface area contributed by atoms with Crippen molar-refractivity contribution in [3.8, 4) is 0 Å². The van der Waals surface area contributed by atoms with E-state index in [0.717, 1.165) is 28.6 Å². The summed E-state index contributed by atoms with van der Waals surface area (Å²) in [6.07, 6.45) is 7.70. The average molecular weight is 357 g/mol. The number of aromatic nitrogens is 4. The number of nitrogens with one attached hydrogen (secondary N) is 1. The van der Waals surface area contributed by atoms with E-state index in [1.807, 2.05) is 48.5 Å². The van der Waals surface area contributed by atoms with E-state index in [4.69, 9.17) is 0 Å². The molecule has 1 aromatic carbocycles. The second-order valence-corrected chi connectivity index (χ2v) is 6.23. The number of hydrogen-bond acceptors (Lipinski definition) is 5. The molecule has 1 N–H and O–H groups in total. The number of benzene rings is 1. The first-order valence-corrected chi connectivity index (χ1v) is 8.82. The zero-order valence-corrected chi connectivity index (χ0v) is 14.7. The standard InChI is InChI=1S/C21H19N5O/c27-21-20(24-13-8-16-6-10-22-11-7-16)25-18-9-12-23-14-19(18)26(21)15-17-4-2-1-3-5-17/h1-7,9-12,14H,8,13,15H2,(H,24,25). The molecule has 0 atom stereocenters. The lowest BCUT2D eigenvalue weighted by Crippen LogP contribution is -2.26. The Labute approximate surface area is 156 Å². The fraction of sp³-hybridized carbons (Fsp3) is 0.143. The Kier molecular flexibility index (Phi) is 4.87. The molecule has 6 nitrogen and oxygen atoms in total.